The van der Waals surface area contributed by atoms with E-state index in [-0.39, 0.29) is 5.38 Å². The molecule has 1 fully saturated rings. The molecule has 17 heavy (non-hydrogen) atoms. The van der Waals surface area contributed by atoms with Crippen LogP contribution in [0, 0.1) is 5.92 Å². The zero-order valence-corrected chi connectivity index (χ0v) is 11.3. The molecule has 0 spiro atoms. The van der Waals surface area contributed by atoms with Gasteiger partial charge in [0, 0.05) is 13.1 Å². The Kier molecular flexibility index (Phi) is 4.26. The molecule has 0 bridgehead atoms. The number of anilines is 1. The van der Waals surface area contributed by atoms with Crippen molar-refractivity contribution in [3.8, 4) is 0 Å². The average molecular weight is 258 g/mol. The van der Waals surface area contributed by atoms with Crippen LogP contribution in [-0.2, 0) is 0 Å². The zero-order chi connectivity index (χ0) is 12.3. The molecule has 1 aliphatic rings. The van der Waals surface area contributed by atoms with Gasteiger partial charge in [0.05, 0.1) is 0 Å². The van der Waals surface area contributed by atoms with Crippen molar-refractivity contribution in [2.75, 3.05) is 18.0 Å². The Morgan fingerprint density at radius 3 is 2.88 bits per heavy atom. The smallest absolute Gasteiger partial charge is 0.318 e. The summed E-state index contributed by atoms with van der Waals surface area (Å²) in [5.74, 6) is 1.35. The molecule has 1 aliphatic heterocycles. The van der Waals surface area contributed by atoms with Gasteiger partial charge in [-0.3, -0.25) is 0 Å². The second kappa shape index (κ2) is 5.71. The topological polar surface area (TPSA) is 42.2 Å². The van der Waals surface area contributed by atoms with Crippen molar-refractivity contribution < 1.29 is 4.42 Å². The summed E-state index contributed by atoms with van der Waals surface area (Å²) >= 11 is 5.92. The average Bonchev–Trinajstić information content (AvgIpc) is 2.68. The van der Waals surface area contributed by atoms with Gasteiger partial charge < -0.3 is 9.32 Å². The highest BCUT2D eigenvalue weighted by Crippen LogP contribution is 2.26. The molecule has 0 saturated carbocycles. The van der Waals surface area contributed by atoms with E-state index in [1.165, 1.54) is 25.7 Å². The van der Waals surface area contributed by atoms with E-state index in [0.29, 0.717) is 11.9 Å². The van der Waals surface area contributed by atoms with Gasteiger partial charge in [-0.1, -0.05) is 18.4 Å². The van der Waals surface area contributed by atoms with Crippen LogP contribution < -0.4 is 4.90 Å². The lowest BCUT2D eigenvalue weighted by molar-refractivity contribution is 0.456. The Morgan fingerprint density at radius 2 is 2.24 bits per heavy atom. The number of hydrogen-bond acceptors (Lipinski definition) is 4. The number of nitrogens with zero attached hydrogens (tertiary/aromatic N) is 3. The predicted octanol–water partition coefficient (Wildman–Crippen LogP) is 3.39. The first kappa shape index (κ1) is 12.7. The molecule has 0 N–H and O–H groups in total. The van der Waals surface area contributed by atoms with Gasteiger partial charge in [0.15, 0.2) is 0 Å². The van der Waals surface area contributed by atoms with Crippen molar-refractivity contribution in [2.45, 2.75) is 44.9 Å². The molecule has 0 amide bonds. The summed E-state index contributed by atoms with van der Waals surface area (Å²) in [6.07, 6.45) is 4.98. The molecule has 96 valence electrons. The quantitative estimate of drug-likeness (QED) is 0.779. The van der Waals surface area contributed by atoms with Crippen LogP contribution in [0.4, 0.5) is 6.01 Å². The lowest BCUT2D eigenvalue weighted by Gasteiger charge is -2.17. The minimum absolute atomic E-state index is 0.216. The van der Waals surface area contributed by atoms with E-state index >= 15 is 0 Å². The number of rotatable bonds is 3. The number of aromatic nitrogens is 2. The predicted molar refractivity (Wildman–Crippen MR) is 68.4 cm³/mol. The fourth-order valence-electron chi connectivity index (χ4n) is 2.28. The van der Waals surface area contributed by atoms with Crippen LogP contribution in [0.2, 0.25) is 0 Å². The van der Waals surface area contributed by atoms with E-state index in [9.17, 15) is 0 Å². The highest BCUT2D eigenvalue weighted by Gasteiger charge is 2.20. The third-order valence-electron chi connectivity index (χ3n) is 3.47. The molecule has 1 aromatic rings. The molecule has 1 aromatic heterocycles. The molecule has 4 nitrogen and oxygen atoms in total. The van der Waals surface area contributed by atoms with E-state index in [4.69, 9.17) is 16.0 Å². The Balaban J connectivity index is 2.01. The summed E-state index contributed by atoms with van der Waals surface area (Å²) in [7, 11) is 0. The molecule has 2 heterocycles. The Hall–Kier alpha value is -0.770. The summed E-state index contributed by atoms with van der Waals surface area (Å²) in [6.45, 7) is 6.13. The van der Waals surface area contributed by atoms with Crippen molar-refractivity contribution in [3.05, 3.63) is 5.89 Å². The third-order valence-corrected chi connectivity index (χ3v) is 3.65. The van der Waals surface area contributed by atoms with Crippen molar-refractivity contribution in [1.29, 1.82) is 0 Å². The van der Waals surface area contributed by atoms with E-state index in [2.05, 4.69) is 22.0 Å². The van der Waals surface area contributed by atoms with E-state index < -0.39 is 0 Å². The van der Waals surface area contributed by atoms with Gasteiger partial charge in [-0.2, -0.15) is 0 Å². The van der Waals surface area contributed by atoms with Crippen molar-refractivity contribution >= 4 is 17.6 Å². The largest absolute Gasteiger partial charge is 0.406 e. The SMILES string of the molecule is CCC1CCCN(c2nnc(C(C)Cl)o2)CC1. The molecule has 0 aliphatic carbocycles. The normalized spacial score (nSPS) is 23.5. The molecule has 0 radical (unpaired) electrons. The fraction of sp³-hybridized carbons (Fsp3) is 0.833. The first-order chi connectivity index (χ1) is 8.20. The highest BCUT2D eigenvalue weighted by atomic mass is 35.5. The molecule has 0 aromatic carbocycles. The molecular formula is C12H20ClN3O. The minimum atomic E-state index is -0.216. The van der Waals surface area contributed by atoms with Gasteiger partial charge in [-0.05, 0) is 32.1 Å². The maximum atomic E-state index is 5.92. The molecule has 1 saturated heterocycles. The van der Waals surface area contributed by atoms with Crippen LogP contribution in [0.15, 0.2) is 4.42 Å². The third kappa shape index (κ3) is 3.12. The number of hydrogen-bond donors (Lipinski definition) is 0. The van der Waals surface area contributed by atoms with Crippen LogP contribution in [0.25, 0.3) is 0 Å². The van der Waals surface area contributed by atoms with Gasteiger partial charge in [-0.25, -0.2) is 0 Å². The maximum Gasteiger partial charge on any atom is 0.318 e. The van der Waals surface area contributed by atoms with Crippen molar-refractivity contribution in [1.82, 2.24) is 10.2 Å². The molecule has 2 unspecified atom stereocenters. The van der Waals surface area contributed by atoms with Crippen LogP contribution in [0.3, 0.4) is 0 Å². The summed E-state index contributed by atoms with van der Waals surface area (Å²) in [6, 6.07) is 0.629. The van der Waals surface area contributed by atoms with Gasteiger partial charge in [0.1, 0.15) is 5.38 Å². The number of halogens is 1. The lowest BCUT2D eigenvalue weighted by Crippen LogP contribution is -2.24. The molecule has 2 atom stereocenters. The van der Waals surface area contributed by atoms with Crippen molar-refractivity contribution in [3.63, 3.8) is 0 Å². The first-order valence-electron chi connectivity index (χ1n) is 6.43. The summed E-state index contributed by atoms with van der Waals surface area (Å²) in [5.41, 5.74) is 0. The van der Waals surface area contributed by atoms with Crippen LogP contribution in [0.5, 0.6) is 0 Å². The van der Waals surface area contributed by atoms with Crippen molar-refractivity contribution in [2.24, 2.45) is 5.92 Å². The monoisotopic (exact) mass is 257 g/mol. The van der Waals surface area contributed by atoms with Crippen LogP contribution in [0.1, 0.15) is 50.8 Å². The van der Waals surface area contributed by atoms with Crippen LogP contribution in [-0.4, -0.2) is 23.3 Å². The van der Waals surface area contributed by atoms with E-state index in [1.807, 2.05) is 6.92 Å². The van der Waals surface area contributed by atoms with E-state index in [1.54, 1.807) is 0 Å². The van der Waals surface area contributed by atoms with Gasteiger partial charge >= 0.3 is 6.01 Å². The van der Waals surface area contributed by atoms with Gasteiger partial charge in [0.25, 0.3) is 0 Å². The highest BCUT2D eigenvalue weighted by molar-refractivity contribution is 6.20. The lowest BCUT2D eigenvalue weighted by atomic mass is 9.98. The standard InChI is InChI=1S/C12H20ClN3O/c1-3-10-5-4-7-16(8-6-10)12-15-14-11(17-12)9(2)13/h9-10H,3-8H2,1-2H3. The second-order valence-corrected chi connectivity index (χ2v) is 5.39. The number of alkyl halides is 1. The van der Waals surface area contributed by atoms with Gasteiger partial charge in [-0.15, -0.1) is 16.7 Å². The molecular weight excluding hydrogens is 238 g/mol. The summed E-state index contributed by atoms with van der Waals surface area (Å²) in [4.78, 5) is 2.19. The van der Waals surface area contributed by atoms with Gasteiger partial charge in [0.2, 0.25) is 5.89 Å². The van der Waals surface area contributed by atoms with E-state index in [0.717, 1.165) is 19.0 Å². The minimum Gasteiger partial charge on any atom is -0.406 e. The van der Waals surface area contributed by atoms with Crippen LogP contribution >= 0.6 is 11.6 Å². The summed E-state index contributed by atoms with van der Waals surface area (Å²) < 4.78 is 5.58. The summed E-state index contributed by atoms with van der Waals surface area (Å²) in [5, 5.41) is 7.83. The second-order valence-electron chi connectivity index (χ2n) is 4.73. The molecule has 2 rings (SSSR count). The zero-order valence-electron chi connectivity index (χ0n) is 10.5. The maximum absolute atomic E-state index is 5.92. The Morgan fingerprint density at radius 1 is 1.41 bits per heavy atom. The fourth-order valence-corrected chi connectivity index (χ4v) is 2.37. The first-order valence-corrected chi connectivity index (χ1v) is 6.86. The Bertz CT molecular complexity index is 353. The Labute approximate surface area is 107 Å². The molecule has 5 heteroatoms.